The minimum absolute atomic E-state index is 0.178. The predicted octanol–water partition coefficient (Wildman–Crippen LogP) is 1.78. The predicted molar refractivity (Wildman–Crippen MR) is 131 cm³/mol. The monoisotopic (exact) mass is 485 g/mol. The summed E-state index contributed by atoms with van der Waals surface area (Å²) in [7, 11) is 4.08. The fourth-order valence-electron chi connectivity index (χ4n) is 4.55. The van der Waals surface area contributed by atoms with Gasteiger partial charge in [-0.25, -0.2) is 14.6 Å². The van der Waals surface area contributed by atoms with Crippen LogP contribution in [0.25, 0.3) is 11.2 Å². The number of benzene rings is 1. The number of rotatable bonds is 8. The molecule has 2 heterocycles. The first-order valence-electron chi connectivity index (χ1n) is 11.7. The maximum Gasteiger partial charge on any atom is 0.191 e. The van der Waals surface area contributed by atoms with E-state index in [4.69, 9.17) is 4.98 Å². The van der Waals surface area contributed by atoms with E-state index < -0.39 is 24.4 Å². The summed E-state index contributed by atoms with van der Waals surface area (Å²) in [6.45, 7) is 2.10. The molecule has 0 saturated heterocycles. The maximum atomic E-state index is 10.5. The Bertz CT molecular complexity index is 1170. The Morgan fingerprint density at radius 2 is 1.97 bits per heavy atom. The van der Waals surface area contributed by atoms with Crippen LogP contribution in [-0.2, 0) is 0 Å². The van der Waals surface area contributed by atoms with Gasteiger partial charge in [0.2, 0.25) is 0 Å². The first kappa shape index (κ1) is 23.3. The molecule has 0 spiro atoms. The lowest BCUT2D eigenvalue weighted by Gasteiger charge is -2.16. The highest BCUT2D eigenvalue weighted by Crippen LogP contribution is 2.44. The minimum atomic E-state index is -1.22. The number of nitrogens with one attached hydrogen (secondary N) is 1. The van der Waals surface area contributed by atoms with Gasteiger partial charge in [0.05, 0.1) is 12.1 Å². The third kappa shape index (κ3) is 4.33. The number of hydrogen-bond donors (Lipinski definition) is 4. The van der Waals surface area contributed by atoms with Crippen molar-refractivity contribution in [3.63, 3.8) is 0 Å². The van der Waals surface area contributed by atoms with E-state index in [-0.39, 0.29) is 12.5 Å². The molecular formula is C23H31N7O3S. The van der Waals surface area contributed by atoms with Gasteiger partial charge in [-0.2, -0.15) is 0 Å². The van der Waals surface area contributed by atoms with Crippen molar-refractivity contribution < 1.29 is 15.3 Å². The molecule has 2 aliphatic rings. The van der Waals surface area contributed by atoms with E-state index in [0.29, 0.717) is 28.1 Å². The summed E-state index contributed by atoms with van der Waals surface area (Å²) in [4.78, 5) is 11.5. The third-order valence-corrected chi connectivity index (χ3v) is 7.65. The van der Waals surface area contributed by atoms with E-state index in [2.05, 4.69) is 56.7 Å². The number of aliphatic hydroxyl groups is 3. The number of aliphatic hydroxyl groups excluding tert-OH is 3. The van der Waals surface area contributed by atoms with Gasteiger partial charge in [0.15, 0.2) is 22.1 Å². The molecule has 0 aliphatic heterocycles. The summed E-state index contributed by atoms with van der Waals surface area (Å²) in [5.74, 6) is 1.88. The number of anilines is 2. The summed E-state index contributed by atoms with van der Waals surface area (Å²) in [5.41, 5.74) is 3.48. The molecule has 6 atom stereocenters. The van der Waals surface area contributed by atoms with Crippen LogP contribution in [0.4, 0.5) is 11.5 Å². The normalized spacial score (nSPS) is 28.4. The quantitative estimate of drug-likeness (QED) is 0.276. The second-order valence-electron chi connectivity index (χ2n) is 9.34. The van der Waals surface area contributed by atoms with Crippen LogP contribution < -0.4 is 10.2 Å². The Morgan fingerprint density at radius 3 is 2.68 bits per heavy atom. The first-order valence-corrected chi connectivity index (χ1v) is 12.7. The first-order chi connectivity index (χ1) is 16.4. The van der Waals surface area contributed by atoms with Gasteiger partial charge in [-0.15, -0.1) is 5.10 Å². The highest BCUT2D eigenvalue weighted by molar-refractivity contribution is 7.99. The summed E-state index contributed by atoms with van der Waals surface area (Å²) in [5, 5.41) is 43.2. The molecule has 3 aromatic rings. The Hall–Kier alpha value is -2.47. The lowest BCUT2D eigenvalue weighted by Crippen LogP contribution is -2.31. The fraction of sp³-hybridized carbons (Fsp3) is 0.565. The zero-order valence-corrected chi connectivity index (χ0v) is 20.4. The Kier molecular flexibility index (Phi) is 6.36. The van der Waals surface area contributed by atoms with Crippen molar-refractivity contribution in [1.29, 1.82) is 0 Å². The van der Waals surface area contributed by atoms with Crippen molar-refractivity contribution in [2.75, 3.05) is 30.1 Å². The van der Waals surface area contributed by atoms with Gasteiger partial charge in [0, 0.05) is 43.9 Å². The Labute approximate surface area is 202 Å². The molecule has 0 bridgehead atoms. The number of aromatic nitrogens is 5. The van der Waals surface area contributed by atoms with Gasteiger partial charge >= 0.3 is 0 Å². The van der Waals surface area contributed by atoms with Crippen LogP contribution in [0.3, 0.4) is 0 Å². The number of hydrogen-bond acceptors (Lipinski definition) is 10. The molecule has 11 heteroatoms. The van der Waals surface area contributed by atoms with Gasteiger partial charge in [-0.05, 0) is 30.5 Å². The van der Waals surface area contributed by atoms with Crippen molar-refractivity contribution in [2.24, 2.45) is 0 Å². The van der Waals surface area contributed by atoms with Crippen molar-refractivity contribution in [3.05, 3.63) is 29.8 Å². The highest BCUT2D eigenvalue weighted by Gasteiger charge is 2.44. The molecule has 182 valence electrons. The van der Waals surface area contributed by atoms with Crippen LogP contribution in [0.2, 0.25) is 0 Å². The molecule has 5 rings (SSSR count). The van der Waals surface area contributed by atoms with E-state index >= 15 is 0 Å². The fourth-order valence-corrected chi connectivity index (χ4v) is 5.24. The highest BCUT2D eigenvalue weighted by atomic mass is 32.2. The maximum absolute atomic E-state index is 10.5. The molecule has 0 amide bonds. The molecule has 2 unspecified atom stereocenters. The Morgan fingerprint density at radius 1 is 1.15 bits per heavy atom. The molecule has 2 aliphatic carbocycles. The summed E-state index contributed by atoms with van der Waals surface area (Å²) >= 11 is 1.56. The molecule has 10 nitrogen and oxygen atoms in total. The van der Waals surface area contributed by atoms with Crippen LogP contribution in [0.5, 0.6) is 0 Å². The lowest BCUT2D eigenvalue weighted by atomic mass is 10.1. The molecule has 4 N–H and O–H groups in total. The van der Waals surface area contributed by atoms with Gasteiger partial charge in [0.1, 0.15) is 12.2 Å². The number of thioether (sulfide) groups is 1. The lowest BCUT2D eigenvalue weighted by molar-refractivity contribution is -0.0253. The van der Waals surface area contributed by atoms with E-state index in [1.54, 1.807) is 11.8 Å². The average molecular weight is 486 g/mol. The minimum Gasteiger partial charge on any atom is -0.390 e. The zero-order chi connectivity index (χ0) is 24.0. The van der Waals surface area contributed by atoms with Gasteiger partial charge in [-0.1, -0.05) is 36.0 Å². The van der Waals surface area contributed by atoms with Crippen LogP contribution in [0, 0.1) is 0 Å². The zero-order valence-electron chi connectivity index (χ0n) is 19.5. The molecular weight excluding hydrogens is 454 g/mol. The molecule has 34 heavy (non-hydrogen) atoms. The van der Waals surface area contributed by atoms with Crippen molar-refractivity contribution in [3.8, 4) is 0 Å². The smallest absolute Gasteiger partial charge is 0.191 e. The molecule has 2 aromatic heterocycles. The van der Waals surface area contributed by atoms with E-state index in [1.807, 2.05) is 14.1 Å². The van der Waals surface area contributed by atoms with Gasteiger partial charge in [0.25, 0.3) is 0 Å². The molecule has 2 fully saturated rings. The van der Waals surface area contributed by atoms with Crippen molar-refractivity contribution >= 4 is 34.4 Å². The average Bonchev–Trinajstić information content (AvgIpc) is 3.40. The molecule has 1 aromatic carbocycles. The van der Waals surface area contributed by atoms with E-state index in [0.717, 1.165) is 18.6 Å². The number of nitrogens with zero attached hydrogens (tertiary/aromatic N) is 6. The standard InChI is InChI=1S/C23H31N7O3S/c1-4-8-34-23-25-21(24-15-10-14(15)12-6-5-7-13(9-12)29(2)3)18-22(26-23)30(28-27-18)16-11-17(31)20(33)19(16)32/h5-7,9,14-17,19-20,31-33H,4,8,10-11H2,1-3H3,(H,24,25,26)/t14?,15?,16-,17+,19+,20-/m1/s1. The topological polar surface area (TPSA) is 132 Å². The van der Waals surface area contributed by atoms with Crippen LogP contribution in [0.15, 0.2) is 29.4 Å². The number of fused-ring (bicyclic) bond motifs is 1. The molecule has 2 saturated carbocycles. The van der Waals surface area contributed by atoms with Crippen LogP contribution in [-0.4, -0.2) is 84.5 Å². The van der Waals surface area contributed by atoms with Crippen LogP contribution in [0.1, 0.15) is 43.7 Å². The SMILES string of the molecule is CCCSc1nc(NC2CC2c2cccc(N(C)C)c2)c2nnn([C@@H]3C[C@H](O)[C@@H](O)[C@H]3O)c2n1. The van der Waals surface area contributed by atoms with Crippen LogP contribution >= 0.6 is 11.8 Å². The van der Waals surface area contributed by atoms with Crippen molar-refractivity contribution in [1.82, 2.24) is 25.0 Å². The van der Waals surface area contributed by atoms with Gasteiger partial charge < -0.3 is 25.5 Å². The molecule has 0 radical (unpaired) electrons. The van der Waals surface area contributed by atoms with Gasteiger partial charge in [-0.3, -0.25) is 0 Å². The summed E-state index contributed by atoms with van der Waals surface area (Å²) in [6.07, 6.45) is -1.22. The third-order valence-electron chi connectivity index (χ3n) is 6.60. The summed E-state index contributed by atoms with van der Waals surface area (Å²) < 4.78 is 1.52. The second kappa shape index (κ2) is 9.29. The van der Waals surface area contributed by atoms with E-state index in [9.17, 15) is 15.3 Å². The summed E-state index contributed by atoms with van der Waals surface area (Å²) in [6, 6.07) is 8.19. The largest absolute Gasteiger partial charge is 0.390 e. The van der Waals surface area contributed by atoms with Crippen molar-refractivity contribution in [2.45, 2.75) is 67.7 Å². The Balaban J connectivity index is 1.44. The second-order valence-corrected chi connectivity index (χ2v) is 10.4. The van der Waals surface area contributed by atoms with E-state index in [1.165, 1.54) is 15.9 Å².